The van der Waals surface area contributed by atoms with E-state index in [1.807, 2.05) is 20.8 Å². The third kappa shape index (κ3) is 5.83. The quantitative estimate of drug-likeness (QED) is 0.703. The van der Waals surface area contributed by atoms with Crippen molar-refractivity contribution in [2.75, 3.05) is 32.7 Å². The molecule has 25 heavy (non-hydrogen) atoms. The van der Waals surface area contributed by atoms with Gasteiger partial charge in [0.05, 0.1) is 0 Å². The van der Waals surface area contributed by atoms with E-state index in [2.05, 4.69) is 20.9 Å². The number of hydrogen-bond donors (Lipinski definition) is 3. The zero-order chi connectivity index (χ0) is 17.9. The molecule has 0 saturated carbocycles. The Labute approximate surface area is 152 Å². The first kappa shape index (κ1) is 18.9. The van der Waals surface area contributed by atoms with E-state index in [-0.39, 0.29) is 6.09 Å². The molecule has 4 atom stereocenters. The van der Waals surface area contributed by atoms with E-state index >= 15 is 0 Å². The van der Waals surface area contributed by atoms with Crippen LogP contribution < -0.4 is 16.0 Å². The van der Waals surface area contributed by atoms with Crippen molar-refractivity contribution < 1.29 is 9.53 Å². The highest BCUT2D eigenvalue weighted by molar-refractivity contribution is 5.67. The number of nitrogens with zero attached hydrogens (tertiary/aromatic N) is 1. The number of hydrogen-bond acceptors (Lipinski definition) is 5. The van der Waals surface area contributed by atoms with Gasteiger partial charge in [0.1, 0.15) is 5.60 Å². The first-order valence-corrected chi connectivity index (χ1v) is 10.1. The van der Waals surface area contributed by atoms with E-state index in [9.17, 15) is 4.79 Å². The minimum absolute atomic E-state index is 0.311. The molecule has 1 amide bonds. The van der Waals surface area contributed by atoms with Crippen molar-refractivity contribution in [2.24, 2.45) is 5.92 Å². The predicted molar refractivity (Wildman–Crippen MR) is 99.8 cm³/mol. The second-order valence-electron chi connectivity index (χ2n) is 9.03. The lowest BCUT2D eigenvalue weighted by Crippen LogP contribution is -2.44. The highest BCUT2D eigenvalue weighted by atomic mass is 16.6. The zero-order valence-corrected chi connectivity index (χ0v) is 16.1. The highest BCUT2D eigenvalue weighted by Crippen LogP contribution is 2.27. The maximum absolute atomic E-state index is 11.8. The van der Waals surface area contributed by atoms with Gasteiger partial charge in [-0.3, -0.25) is 0 Å². The number of carbonyl (C=O) groups is 1. The van der Waals surface area contributed by atoms with Gasteiger partial charge in [-0.05, 0) is 71.9 Å². The molecule has 0 spiro atoms. The second-order valence-corrected chi connectivity index (χ2v) is 9.03. The number of rotatable bonds is 5. The molecule has 3 aliphatic rings. The van der Waals surface area contributed by atoms with Gasteiger partial charge in [-0.1, -0.05) is 0 Å². The van der Waals surface area contributed by atoms with Gasteiger partial charge in [-0.25, -0.2) is 4.79 Å². The van der Waals surface area contributed by atoms with Crippen LogP contribution in [0.2, 0.25) is 0 Å². The van der Waals surface area contributed by atoms with Crippen molar-refractivity contribution in [1.29, 1.82) is 0 Å². The van der Waals surface area contributed by atoms with Crippen LogP contribution in [-0.4, -0.2) is 67.4 Å². The minimum Gasteiger partial charge on any atom is -0.444 e. The first-order valence-electron chi connectivity index (χ1n) is 10.1. The van der Waals surface area contributed by atoms with Gasteiger partial charge in [-0.15, -0.1) is 0 Å². The van der Waals surface area contributed by atoms with Crippen LogP contribution in [0.1, 0.15) is 52.9 Å². The van der Waals surface area contributed by atoms with Crippen LogP contribution >= 0.6 is 0 Å². The molecule has 3 N–H and O–H groups in total. The Morgan fingerprint density at radius 2 is 2.04 bits per heavy atom. The monoisotopic (exact) mass is 352 g/mol. The second kappa shape index (κ2) is 8.23. The Hall–Kier alpha value is -0.850. The number of ether oxygens (including phenoxy) is 1. The van der Waals surface area contributed by atoms with Gasteiger partial charge < -0.3 is 25.6 Å². The Morgan fingerprint density at radius 3 is 2.76 bits per heavy atom. The zero-order valence-electron chi connectivity index (χ0n) is 16.1. The fraction of sp³-hybridized carbons (Fsp3) is 0.947. The van der Waals surface area contributed by atoms with Crippen LogP contribution in [-0.2, 0) is 4.74 Å². The lowest BCUT2D eigenvalue weighted by Gasteiger charge is -2.24. The summed E-state index contributed by atoms with van der Waals surface area (Å²) < 4.78 is 5.31. The Bertz CT molecular complexity index is 445. The Morgan fingerprint density at radius 1 is 1.20 bits per heavy atom. The number of carbonyl (C=O) groups excluding carboxylic acids is 1. The fourth-order valence-electron chi connectivity index (χ4n) is 4.48. The summed E-state index contributed by atoms with van der Waals surface area (Å²) in [5.41, 5.74) is -0.433. The van der Waals surface area contributed by atoms with Crippen molar-refractivity contribution in [3.05, 3.63) is 0 Å². The molecule has 0 bridgehead atoms. The van der Waals surface area contributed by atoms with Crippen molar-refractivity contribution in [3.8, 4) is 0 Å². The van der Waals surface area contributed by atoms with Gasteiger partial charge in [-0.2, -0.15) is 0 Å². The molecule has 0 radical (unpaired) electrons. The summed E-state index contributed by atoms with van der Waals surface area (Å²) in [5, 5.41) is 10.3. The van der Waals surface area contributed by atoms with Gasteiger partial charge in [0.2, 0.25) is 0 Å². The van der Waals surface area contributed by atoms with Crippen LogP contribution in [0.25, 0.3) is 0 Å². The molecule has 144 valence electrons. The van der Waals surface area contributed by atoms with Crippen molar-refractivity contribution in [3.63, 3.8) is 0 Å². The van der Waals surface area contributed by atoms with Crippen molar-refractivity contribution in [2.45, 2.75) is 76.6 Å². The largest absolute Gasteiger partial charge is 0.444 e. The number of amides is 1. The van der Waals surface area contributed by atoms with Gasteiger partial charge in [0.15, 0.2) is 0 Å². The molecule has 2 unspecified atom stereocenters. The molecule has 0 aliphatic carbocycles. The average molecular weight is 353 g/mol. The molecule has 3 fully saturated rings. The SMILES string of the molecule is CC(C)(C)OC(=O)NC[C@@H]1CCC(C2CCN(C[C@@H]3CCCN3)C2)N1. The molecule has 6 heteroatoms. The van der Waals surface area contributed by atoms with Crippen molar-refractivity contribution in [1.82, 2.24) is 20.9 Å². The maximum Gasteiger partial charge on any atom is 0.407 e. The van der Waals surface area contributed by atoms with E-state index in [0.29, 0.717) is 24.7 Å². The smallest absolute Gasteiger partial charge is 0.407 e. The molecule has 0 aromatic heterocycles. The summed E-state index contributed by atoms with van der Waals surface area (Å²) >= 11 is 0. The normalized spacial score (nSPS) is 33.7. The molecular weight excluding hydrogens is 316 g/mol. The maximum atomic E-state index is 11.8. The third-order valence-corrected chi connectivity index (χ3v) is 5.69. The molecule has 3 rings (SSSR count). The molecule has 3 saturated heterocycles. The lowest BCUT2D eigenvalue weighted by atomic mass is 9.98. The van der Waals surface area contributed by atoms with E-state index in [0.717, 1.165) is 12.3 Å². The van der Waals surface area contributed by atoms with Gasteiger partial charge in [0, 0.05) is 37.8 Å². The summed E-state index contributed by atoms with van der Waals surface area (Å²) in [6.07, 6.45) is 6.02. The van der Waals surface area contributed by atoms with E-state index in [4.69, 9.17) is 4.74 Å². The van der Waals surface area contributed by atoms with Crippen LogP contribution in [0.5, 0.6) is 0 Å². The third-order valence-electron chi connectivity index (χ3n) is 5.69. The molecular formula is C19H36N4O2. The first-order chi connectivity index (χ1) is 11.9. The van der Waals surface area contributed by atoms with Gasteiger partial charge >= 0.3 is 6.09 Å². The summed E-state index contributed by atoms with van der Waals surface area (Å²) in [4.78, 5) is 14.4. The average Bonchev–Trinajstić information content (AvgIpc) is 3.25. The molecule has 6 nitrogen and oxygen atoms in total. The van der Waals surface area contributed by atoms with E-state index in [1.54, 1.807) is 0 Å². The molecule has 0 aromatic rings. The number of nitrogens with one attached hydrogen (secondary N) is 3. The van der Waals surface area contributed by atoms with Crippen LogP contribution in [0.4, 0.5) is 4.79 Å². The highest BCUT2D eigenvalue weighted by Gasteiger charge is 2.35. The van der Waals surface area contributed by atoms with Crippen molar-refractivity contribution >= 4 is 6.09 Å². The van der Waals surface area contributed by atoms with Crippen LogP contribution in [0.15, 0.2) is 0 Å². The molecule has 3 heterocycles. The molecule has 3 aliphatic heterocycles. The Balaban J connectivity index is 1.34. The summed E-state index contributed by atoms with van der Waals surface area (Å²) in [7, 11) is 0. The van der Waals surface area contributed by atoms with E-state index in [1.165, 1.54) is 51.9 Å². The van der Waals surface area contributed by atoms with E-state index < -0.39 is 5.60 Å². The summed E-state index contributed by atoms with van der Waals surface area (Å²) in [5.74, 6) is 0.757. The van der Waals surface area contributed by atoms with Gasteiger partial charge in [0.25, 0.3) is 0 Å². The predicted octanol–water partition coefficient (Wildman–Crippen LogP) is 1.71. The standard InChI is InChI=1S/C19H36N4O2/c1-19(2,3)25-18(24)21-11-15-6-7-17(22-15)14-8-10-23(12-14)13-16-5-4-9-20-16/h14-17,20,22H,4-13H2,1-3H3,(H,21,24)/t14?,15-,16-,17?/m0/s1. The summed E-state index contributed by atoms with van der Waals surface area (Å²) in [6.45, 7) is 11.2. The lowest BCUT2D eigenvalue weighted by molar-refractivity contribution is 0.0523. The molecule has 0 aromatic carbocycles. The number of alkyl carbamates (subject to hydrolysis) is 1. The fourth-order valence-corrected chi connectivity index (χ4v) is 4.48. The van der Waals surface area contributed by atoms with Crippen LogP contribution in [0.3, 0.4) is 0 Å². The summed E-state index contributed by atoms with van der Waals surface area (Å²) in [6, 6.07) is 1.69. The van der Waals surface area contributed by atoms with Crippen LogP contribution in [0, 0.1) is 5.92 Å². The number of likely N-dealkylation sites (tertiary alicyclic amines) is 1. The minimum atomic E-state index is -0.433. The Kier molecular flexibility index (Phi) is 6.23. The topological polar surface area (TPSA) is 65.6 Å².